The van der Waals surface area contributed by atoms with E-state index in [9.17, 15) is 30.8 Å². The summed E-state index contributed by atoms with van der Waals surface area (Å²) in [6.07, 6.45) is -6.11. The minimum atomic E-state index is -4.92. The van der Waals surface area contributed by atoms with E-state index in [1.54, 1.807) is 0 Å². The van der Waals surface area contributed by atoms with Gasteiger partial charge in [0.25, 0.3) is 0 Å². The number of sulfonamides is 1. The molecule has 6 nitrogen and oxygen atoms in total. The summed E-state index contributed by atoms with van der Waals surface area (Å²) < 4.78 is 90.8. The van der Waals surface area contributed by atoms with E-state index in [1.165, 1.54) is 18.2 Å². The van der Waals surface area contributed by atoms with Crippen molar-refractivity contribution >= 4 is 16.0 Å². The third kappa shape index (κ3) is 4.26. The van der Waals surface area contributed by atoms with Crippen molar-refractivity contribution in [2.24, 2.45) is 0 Å². The Kier molecular flexibility index (Phi) is 6.04. The van der Waals surface area contributed by atoms with Crippen LogP contribution in [0.5, 0.6) is 5.75 Å². The average molecular weight is 447 g/mol. The van der Waals surface area contributed by atoms with Crippen LogP contribution in [-0.4, -0.2) is 44.5 Å². The molecule has 1 aliphatic rings. The maximum absolute atomic E-state index is 13.9. The molecule has 162 valence electrons. The van der Waals surface area contributed by atoms with Crippen LogP contribution in [0.25, 0.3) is 0 Å². The Labute approximate surface area is 170 Å². The normalized spacial score (nSPS) is 20.2. The van der Waals surface area contributed by atoms with Gasteiger partial charge in [-0.05, 0) is 24.3 Å². The summed E-state index contributed by atoms with van der Waals surface area (Å²) in [6, 6.07) is 7.64. The highest BCUT2D eigenvalue weighted by atomic mass is 32.2. The lowest BCUT2D eigenvalue weighted by Crippen LogP contribution is -2.41. The third-order valence-electron chi connectivity index (χ3n) is 4.60. The van der Waals surface area contributed by atoms with Crippen molar-refractivity contribution in [3.63, 3.8) is 0 Å². The molecule has 11 heteroatoms. The Morgan fingerprint density at radius 2 is 1.73 bits per heavy atom. The largest absolute Gasteiger partial charge is 0.486 e. The first kappa shape index (κ1) is 22.0. The second-order valence-corrected chi connectivity index (χ2v) is 8.37. The minimum absolute atomic E-state index is 0.166. The number of methoxy groups -OCH3 is 1. The number of para-hydroxylation sites is 1. The zero-order valence-corrected chi connectivity index (χ0v) is 16.4. The fourth-order valence-corrected chi connectivity index (χ4v) is 5.08. The van der Waals surface area contributed by atoms with Gasteiger partial charge >= 0.3 is 12.1 Å². The summed E-state index contributed by atoms with van der Waals surface area (Å²) in [5, 5.41) is 0. The number of benzene rings is 2. The second-order valence-electron chi connectivity index (χ2n) is 6.51. The molecule has 0 spiro atoms. The zero-order chi connectivity index (χ0) is 22.1. The van der Waals surface area contributed by atoms with Crippen LogP contribution in [0.2, 0.25) is 0 Å². The van der Waals surface area contributed by atoms with Gasteiger partial charge < -0.3 is 9.47 Å². The van der Waals surface area contributed by atoms with Gasteiger partial charge in [0.05, 0.1) is 24.1 Å². The second kappa shape index (κ2) is 8.23. The molecule has 0 aliphatic carbocycles. The average Bonchev–Trinajstić information content (AvgIpc) is 3.13. The number of hydrogen-bond donors (Lipinski definition) is 0. The number of ether oxygens (including phenoxy) is 2. The van der Waals surface area contributed by atoms with Crippen molar-refractivity contribution in [3.8, 4) is 5.75 Å². The van der Waals surface area contributed by atoms with Gasteiger partial charge in [0.15, 0.2) is 11.6 Å². The molecule has 0 amide bonds. The van der Waals surface area contributed by atoms with E-state index in [4.69, 9.17) is 4.74 Å². The van der Waals surface area contributed by atoms with Gasteiger partial charge in [0, 0.05) is 6.42 Å². The van der Waals surface area contributed by atoms with Gasteiger partial charge in [-0.3, -0.25) is 4.79 Å². The molecule has 0 bridgehead atoms. The third-order valence-corrected chi connectivity index (χ3v) is 6.53. The lowest BCUT2D eigenvalue weighted by molar-refractivity contribution is -0.144. The number of rotatable bonds is 5. The van der Waals surface area contributed by atoms with E-state index in [-0.39, 0.29) is 12.2 Å². The summed E-state index contributed by atoms with van der Waals surface area (Å²) in [5.41, 5.74) is -1.35. The summed E-state index contributed by atoms with van der Waals surface area (Å²) in [4.78, 5) is 11.2. The van der Waals surface area contributed by atoms with E-state index in [0.29, 0.717) is 10.4 Å². The molecule has 0 saturated carbocycles. The van der Waals surface area contributed by atoms with Gasteiger partial charge in [0.1, 0.15) is 12.1 Å². The van der Waals surface area contributed by atoms with Crippen LogP contribution in [0.4, 0.5) is 17.6 Å². The molecule has 1 heterocycles. The van der Waals surface area contributed by atoms with E-state index in [1.807, 2.05) is 0 Å². The Balaban J connectivity index is 1.98. The van der Waals surface area contributed by atoms with Crippen LogP contribution in [0.15, 0.2) is 53.4 Å². The predicted molar refractivity (Wildman–Crippen MR) is 96.6 cm³/mol. The summed E-state index contributed by atoms with van der Waals surface area (Å²) in [6.45, 7) is -0.456. The lowest BCUT2D eigenvalue weighted by Gasteiger charge is -2.23. The summed E-state index contributed by atoms with van der Waals surface area (Å²) >= 11 is 0. The number of alkyl halides is 3. The standard InChI is InChI=1S/C19H17F4NO5S/c1-28-18(25)15-10-12(29-16-8-4-3-7-14(16)20)11-24(15)30(26,27)17-9-5-2-6-13(17)19(21,22)23/h2-9,12,15H,10-11H2,1H3/t12-,15-/m0/s1. The van der Waals surface area contributed by atoms with Gasteiger partial charge in [-0.25, -0.2) is 12.8 Å². The van der Waals surface area contributed by atoms with Crippen molar-refractivity contribution < 1.29 is 40.2 Å². The predicted octanol–water partition coefficient (Wildman–Crippen LogP) is 3.23. The SMILES string of the molecule is COC(=O)[C@@H]1C[C@H](Oc2ccccc2F)CN1S(=O)(=O)c1ccccc1C(F)(F)F. The molecule has 2 aromatic carbocycles. The molecule has 0 unspecified atom stereocenters. The van der Waals surface area contributed by atoms with Gasteiger partial charge in [-0.1, -0.05) is 24.3 Å². The van der Waals surface area contributed by atoms with E-state index in [2.05, 4.69) is 4.74 Å². The number of halogens is 4. The number of esters is 1. The van der Waals surface area contributed by atoms with Crippen LogP contribution in [0, 0.1) is 5.82 Å². The molecule has 1 fully saturated rings. The van der Waals surface area contributed by atoms with Crippen LogP contribution in [-0.2, 0) is 25.7 Å². The number of carbonyl (C=O) groups excluding carboxylic acids is 1. The first-order chi connectivity index (χ1) is 14.1. The molecule has 2 atom stereocenters. The molecule has 1 aliphatic heterocycles. The Hall–Kier alpha value is -2.66. The Bertz CT molecular complexity index is 1040. The van der Waals surface area contributed by atoms with Gasteiger partial charge in [-0.15, -0.1) is 0 Å². The molecule has 30 heavy (non-hydrogen) atoms. The monoisotopic (exact) mass is 447 g/mol. The van der Waals surface area contributed by atoms with Crippen molar-refractivity contribution in [3.05, 3.63) is 59.9 Å². The molecule has 1 saturated heterocycles. The fourth-order valence-electron chi connectivity index (χ4n) is 3.24. The van der Waals surface area contributed by atoms with Crippen LogP contribution >= 0.6 is 0 Å². The highest BCUT2D eigenvalue weighted by molar-refractivity contribution is 7.89. The van der Waals surface area contributed by atoms with E-state index < -0.39 is 57.1 Å². The Morgan fingerprint density at radius 1 is 1.10 bits per heavy atom. The van der Waals surface area contributed by atoms with E-state index in [0.717, 1.165) is 31.4 Å². The molecular weight excluding hydrogens is 430 g/mol. The topological polar surface area (TPSA) is 72.9 Å². The minimum Gasteiger partial charge on any atom is -0.486 e. The zero-order valence-electron chi connectivity index (χ0n) is 15.6. The molecule has 3 rings (SSSR count). The molecule has 0 radical (unpaired) electrons. The smallest absolute Gasteiger partial charge is 0.417 e. The highest BCUT2D eigenvalue weighted by Gasteiger charge is 2.48. The fraction of sp³-hybridized carbons (Fsp3) is 0.316. The van der Waals surface area contributed by atoms with Crippen molar-refractivity contribution in [1.29, 1.82) is 0 Å². The summed E-state index contributed by atoms with van der Waals surface area (Å²) in [5.74, 6) is -1.82. The van der Waals surface area contributed by atoms with Crippen molar-refractivity contribution in [2.75, 3.05) is 13.7 Å². The van der Waals surface area contributed by atoms with Crippen molar-refractivity contribution in [1.82, 2.24) is 4.31 Å². The van der Waals surface area contributed by atoms with Gasteiger partial charge in [0.2, 0.25) is 10.0 Å². The number of hydrogen-bond acceptors (Lipinski definition) is 5. The molecule has 0 aromatic heterocycles. The van der Waals surface area contributed by atoms with Crippen LogP contribution in [0.3, 0.4) is 0 Å². The highest BCUT2D eigenvalue weighted by Crippen LogP contribution is 2.37. The molecular formula is C19H17F4NO5S. The lowest BCUT2D eigenvalue weighted by atomic mass is 10.2. The molecule has 0 N–H and O–H groups in total. The molecule has 2 aromatic rings. The maximum atomic E-state index is 13.9. The number of carbonyl (C=O) groups is 1. The van der Waals surface area contributed by atoms with Gasteiger partial charge in [-0.2, -0.15) is 17.5 Å². The van der Waals surface area contributed by atoms with Crippen molar-refractivity contribution in [2.45, 2.75) is 29.6 Å². The first-order valence-electron chi connectivity index (χ1n) is 8.72. The van der Waals surface area contributed by atoms with E-state index >= 15 is 0 Å². The Morgan fingerprint density at radius 3 is 2.37 bits per heavy atom. The first-order valence-corrected chi connectivity index (χ1v) is 10.2. The number of nitrogens with zero attached hydrogens (tertiary/aromatic N) is 1. The van der Waals surface area contributed by atoms with Crippen LogP contribution in [0.1, 0.15) is 12.0 Å². The van der Waals surface area contributed by atoms with Crippen LogP contribution < -0.4 is 4.74 Å². The maximum Gasteiger partial charge on any atom is 0.417 e. The quantitative estimate of drug-likeness (QED) is 0.520. The summed E-state index contributed by atoms with van der Waals surface area (Å²) in [7, 11) is -3.72.